The van der Waals surface area contributed by atoms with Crippen molar-refractivity contribution in [2.24, 2.45) is 0 Å². The Labute approximate surface area is 143 Å². The van der Waals surface area contributed by atoms with Gasteiger partial charge in [-0.2, -0.15) is 0 Å². The van der Waals surface area contributed by atoms with Crippen LogP contribution in [0.15, 0.2) is 36.5 Å². The Kier molecular flexibility index (Phi) is 6.46. The summed E-state index contributed by atoms with van der Waals surface area (Å²) < 4.78 is 5.34. The highest BCUT2D eigenvalue weighted by Crippen LogP contribution is 2.27. The lowest BCUT2D eigenvalue weighted by Gasteiger charge is -2.09. The first-order chi connectivity index (χ1) is 11.1. The highest BCUT2D eigenvalue weighted by molar-refractivity contribution is 6.35. The minimum atomic E-state index is -0.339. The largest absolute Gasteiger partial charge is 0.482 e. The first kappa shape index (κ1) is 17.3. The molecule has 1 amide bonds. The number of benzene rings is 1. The van der Waals surface area contributed by atoms with Crippen LogP contribution >= 0.6 is 23.2 Å². The molecule has 1 heterocycles. The van der Waals surface area contributed by atoms with E-state index >= 15 is 0 Å². The summed E-state index contributed by atoms with van der Waals surface area (Å²) in [6, 6.07) is 8.16. The van der Waals surface area contributed by atoms with E-state index in [1.54, 1.807) is 30.3 Å². The van der Waals surface area contributed by atoms with Gasteiger partial charge in [-0.3, -0.25) is 4.79 Å². The van der Waals surface area contributed by atoms with Crippen LogP contribution in [0.1, 0.15) is 0 Å². The second kappa shape index (κ2) is 8.57. The fourth-order valence-electron chi connectivity index (χ4n) is 1.69. The molecule has 0 atom stereocenters. The fourth-order valence-corrected chi connectivity index (χ4v) is 2.15. The number of carbonyl (C=O) groups is 1. The van der Waals surface area contributed by atoms with Crippen molar-refractivity contribution in [1.29, 1.82) is 0 Å². The van der Waals surface area contributed by atoms with Crippen molar-refractivity contribution >= 4 is 40.6 Å². The van der Waals surface area contributed by atoms with Crippen LogP contribution in [0.2, 0.25) is 10.0 Å². The molecule has 122 valence electrons. The molecule has 0 spiro atoms. The minimum Gasteiger partial charge on any atom is -0.482 e. The Bertz CT molecular complexity index is 666. The maximum atomic E-state index is 11.8. The van der Waals surface area contributed by atoms with Gasteiger partial charge in [-0.1, -0.05) is 23.2 Å². The average Bonchev–Trinajstić information content (AvgIpc) is 2.53. The minimum absolute atomic E-state index is 0.0186. The molecule has 2 aromatic rings. The molecule has 23 heavy (non-hydrogen) atoms. The summed E-state index contributed by atoms with van der Waals surface area (Å²) in [7, 11) is 0. The molecule has 0 fully saturated rings. The molecule has 0 aliphatic carbocycles. The normalized spacial score (nSPS) is 10.2. The number of carbonyl (C=O) groups excluding carboxylic acids is 1. The van der Waals surface area contributed by atoms with Gasteiger partial charge in [-0.25, -0.2) is 4.98 Å². The lowest BCUT2D eigenvalue weighted by molar-refractivity contribution is -0.118. The number of aliphatic hydroxyl groups excluding tert-OH is 1. The van der Waals surface area contributed by atoms with Gasteiger partial charge < -0.3 is 20.5 Å². The molecule has 8 heteroatoms. The van der Waals surface area contributed by atoms with Gasteiger partial charge in [0.15, 0.2) is 6.61 Å². The predicted octanol–water partition coefficient (Wildman–Crippen LogP) is 2.81. The first-order valence-corrected chi connectivity index (χ1v) is 7.52. The van der Waals surface area contributed by atoms with E-state index in [0.29, 0.717) is 33.8 Å². The third kappa shape index (κ3) is 5.59. The number of hydrogen-bond donors (Lipinski definition) is 3. The summed E-state index contributed by atoms with van der Waals surface area (Å²) in [6.07, 6.45) is 1.51. The van der Waals surface area contributed by atoms with Crippen molar-refractivity contribution in [3.8, 4) is 5.75 Å². The van der Waals surface area contributed by atoms with Gasteiger partial charge in [0.05, 0.1) is 23.5 Å². The van der Waals surface area contributed by atoms with Crippen LogP contribution in [0.3, 0.4) is 0 Å². The van der Waals surface area contributed by atoms with Gasteiger partial charge in [-0.05, 0) is 30.3 Å². The van der Waals surface area contributed by atoms with E-state index in [2.05, 4.69) is 15.6 Å². The Morgan fingerprint density at radius 1 is 1.26 bits per heavy atom. The predicted molar refractivity (Wildman–Crippen MR) is 90.4 cm³/mol. The second-order valence-electron chi connectivity index (χ2n) is 4.49. The van der Waals surface area contributed by atoms with Gasteiger partial charge in [0.25, 0.3) is 5.91 Å². The van der Waals surface area contributed by atoms with Crippen LogP contribution in [-0.2, 0) is 4.79 Å². The van der Waals surface area contributed by atoms with Crippen molar-refractivity contribution in [3.05, 3.63) is 46.6 Å². The number of amides is 1. The molecule has 0 saturated carbocycles. The zero-order valence-electron chi connectivity index (χ0n) is 12.1. The molecule has 2 rings (SSSR count). The molecule has 0 radical (unpaired) electrons. The number of ether oxygens (including phenoxy) is 1. The lowest BCUT2D eigenvalue weighted by Crippen LogP contribution is -2.20. The Morgan fingerprint density at radius 3 is 2.74 bits per heavy atom. The standard InChI is InChI=1S/C15H15Cl2N3O3/c16-10-1-3-13(12(17)7-10)23-9-15(22)20-11-2-4-14(19-8-11)18-5-6-21/h1-4,7-8,21H,5-6,9H2,(H,18,19)(H,20,22). The van der Waals surface area contributed by atoms with E-state index in [1.807, 2.05) is 0 Å². The van der Waals surface area contributed by atoms with E-state index < -0.39 is 0 Å². The monoisotopic (exact) mass is 355 g/mol. The molecule has 1 aromatic carbocycles. The number of aromatic nitrogens is 1. The topological polar surface area (TPSA) is 83.5 Å². The smallest absolute Gasteiger partial charge is 0.262 e. The number of aliphatic hydroxyl groups is 1. The Hall–Kier alpha value is -2.02. The van der Waals surface area contributed by atoms with Crippen molar-refractivity contribution in [2.45, 2.75) is 0 Å². The van der Waals surface area contributed by atoms with Gasteiger partial charge in [0, 0.05) is 11.6 Å². The number of hydrogen-bond acceptors (Lipinski definition) is 5. The summed E-state index contributed by atoms with van der Waals surface area (Å²) in [5.41, 5.74) is 0.537. The van der Waals surface area contributed by atoms with Gasteiger partial charge in [-0.15, -0.1) is 0 Å². The molecule has 0 aliphatic rings. The van der Waals surface area contributed by atoms with Gasteiger partial charge in [0.1, 0.15) is 11.6 Å². The maximum Gasteiger partial charge on any atom is 0.262 e. The Morgan fingerprint density at radius 2 is 2.09 bits per heavy atom. The van der Waals surface area contributed by atoms with E-state index in [1.165, 1.54) is 6.20 Å². The van der Waals surface area contributed by atoms with Crippen molar-refractivity contribution in [3.63, 3.8) is 0 Å². The fraction of sp³-hybridized carbons (Fsp3) is 0.200. The molecule has 3 N–H and O–H groups in total. The number of nitrogens with one attached hydrogen (secondary N) is 2. The number of nitrogens with zero attached hydrogens (tertiary/aromatic N) is 1. The van der Waals surface area contributed by atoms with Gasteiger partial charge in [0.2, 0.25) is 0 Å². The quantitative estimate of drug-likeness (QED) is 0.711. The van der Waals surface area contributed by atoms with Crippen LogP contribution in [0, 0.1) is 0 Å². The van der Waals surface area contributed by atoms with E-state index in [9.17, 15) is 4.79 Å². The van der Waals surface area contributed by atoms with Crippen molar-refractivity contribution < 1.29 is 14.6 Å². The third-order valence-corrected chi connectivity index (χ3v) is 3.25. The molecule has 0 aliphatic heterocycles. The number of anilines is 2. The zero-order chi connectivity index (χ0) is 16.7. The first-order valence-electron chi connectivity index (χ1n) is 6.77. The summed E-state index contributed by atoms with van der Waals surface area (Å²) in [5.74, 6) is 0.656. The molecule has 0 saturated heterocycles. The van der Waals surface area contributed by atoms with Crippen molar-refractivity contribution in [2.75, 3.05) is 30.4 Å². The number of halogens is 2. The number of rotatable bonds is 7. The summed E-state index contributed by atoms with van der Waals surface area (Å²) in [4.78, 5) is 15.9. The third-order valence-electron chi connectivity index (χ3n) is 2.72. The van der Waals surface area contributed by atoms with Crippen LogP contribution in [-0.4, -0.2) is 35.8 Å². The van der Waals surface area contributed by atoms with Crippen LogP contribution < -0.4 is 15.4 Å². The molecule has 0 bridgehead atoms. The molecular weight excluding hydrogens is 341 g/mol. The van der Waals surface area contributed by atoms with E-state index in [-0.39, 0.29) is 19.1 Å². The molecule has 1 aromatic heterocycles. The highest BCUT2D eigenvalue weighted by Gasteiger charge is 2.07. The SMILES string of the molecule is O=C(COc1ccc(Cl)cc1Cl)Nc1ccc(NCCO)nc1. The summed E-state index contributed by atoms with van der Waals surface area (Å²) in [5, 5.41) is 15.1. The van der Waals surface area contributed by atoms with E-state index in [4.69, 9.17) is 33.0 Å². The highest BCUT2D eigenvalue weighted by atomic mass is 35.5. The van der Waals surface area contributed by atoms with Crippen LogP contribution in [0.25, 0.3) is 0 Å². The molecule has 6 nitrogen and oxygen atoms in total. The summed E-state index contributed by atoms with van der Waals surface area (Å²) >= 11 is 11.7. The maximum absolute atomic E-state index is 11.8. The molecule has 0 unspecified atom stereocenters. The Balaban J connectivity index is 1.84. The van der Waals surface area contributed by atoms with Gasteiger partial charge >= 0.3 is 0 Å². The summed E-state index contributed by atoms with van der Waals surface area (Å²) in [6.45, 7) is 0.241. The average molecular weight is 356 g/mol. The number of pyridine rings is 1. The zero-order valence-corrected chi connectivity index (χ0v) is 13.6. The second-order valence-corrected chi connectivity index (χ2v) is 5.34. The van der Waals surface area contributed by atoms with Crippen LogP contribution in [0.5, 0.6) is 5.75 Å². The molecular formula is C15H15Cl2N3O3. The van der Waals surface area contributed by atoms with Crippen LogP contribution in [0.4, 0.5) is 11.5 Å². The lowest BCUT2D eigenvalue weighted by atomic mass is 10.3. The van der Waals surface area contributed by atoms with Crippen molar-refractivity contribution in [1.82, 2.24) is 4.98 Å². The van der Waals surface area contributed by atoms with E-state index in [0.717, 1.165) is 0 Å².